The molecule has 0 aromatic carbocycles. The van der Waals surface area contributed by atoms with E-state index in [0.29, 0.717) is 12.8 Å². The lowest BCUT2D eigenvalue weighted by molar-refractivity contribution is 0.310. The highest BCUT2D eigenvalue weighted by Gasteiger charge is 2.36. The summed E-state index contributed by atoms with van der Waals surface area (Å²) >= 11 is 0. The normalized spacial score (nSPS) is 23.2. The summed E-state index contributed by atoms with van der Waals surface area (Å²) in [5.74, 6) is 0. The van der Waals surface area contributed by atoms with Gasteiger partial charge in [-0.15, -0.1) is 0 Å². The van der Waals surface area contributed by atoms with Crippen molar-refractivity contribution >= 4 is 0 Å². The molecule has 0 heterocycles. The number of nitrogens with zero attached hydrogens (tertiary/aromatic N) is 8. The molecule has 2 aliphatic carbocycles. The van der Waals surface area contributed by atoms with Gasteiger partial charge in [-0.3, -0.25) is 0 Å². The fourth-order valence-electron chi connectivity index (χ4n) is 3.50. The third-order valence-electron chi connectivity index (χ3n) is 6.56. The molecule has 0 aliphatic heterocycles. The van der Waals surface area contributed by atoms with E-state index in [1.807, 2.05) is 13.8 Å². The molecule has 2 atom stereocenters. The summed E-state index contributed by atoms with van der Waals surface area (Å²) in [5.41, 5.74) is -2.88. The van der Waals surface area contributed by atoms with E-state index >= 15 is 0 Å². The third kappa shape index (κ3) is 7.69. The molecule has 0 saturated heterocycles. The molecule has 32 heavy (non-hydrogen) atoms. The van der Waals surface area contributed by atoms with E-state index in [2.05, 4.69) is 44.7 Å². The van der Waals surface area contributed by atoms with E-state index in [-0.39, 0.29) is 0 Å². The van der Waals surface area contributed by atoms with Gasteiger partial charge in [0.05, 0.1) is 24.3 Å². The van der Waals surface area contributed by atoms with Crippen LogP contribution in [0.1, 0.15) is 105 Å². The van der Waals surface area contributed by atoms with Crippen LogP contribution in [-0.2, 0) is 0 Å². The zero-order valence-corrected chi connectivity index (χ0v) is 20.1. The van der Waals surface area contributed by atoms with Crippen LogP contribution in [0.4, 0.5) is 0 Å². The molecule has 0 aromatic heterocycles. The minimum Gasteiger partial charge on any atom is -0.196 e. The van der Waals surface area contributed by atoms with E-state index in [4.69, 9.17) is 10.5 Å². The summed E-state index contributed by atoms with van der Waals surface area (Å²) in [6.45, 7) is 7.17. The van der Waals surface area contributed by atoms with E-state index in [1.165, 1.54) is 12.8 Å². The van der Waals surface area contributed by atoms with Crippen LogP contribution in [0.3, 0.4) is 0 Å². The van der Waals surface area contributed by atoms with Gasteiger partial charge < -0.3 is 0 Å². The van der Waals surface area contributed by atoms with Gasteiger partial charge in [-0.1, -0.05) is 26.7 Å². The monoisotopic (exact) mass is 436 g/mol. The van der Waals surface area contributed by atoms with Gasteiger partial charge >= 0.3 is 0 Å². The predicted molar refractivity (Wildman–Crippen MR) is 121 cm³/mol. The minimum absolute atomic E-state index is 0.595. The summed E-state index contributed by atoms with van der Waals surface area (Å²) in [7, 11) is 0. The SMILES string of the molecule is CCC(C)(C#N)N=NC(C)(C#N)CC.N#CC1(N=NC2(C#N)CCCCC2)CCCCC1. The molecule has 0 radical (unpaired) electrons. The fourth-order valence-corrected chi connectivity index (χ4v) is 3.50. The second-order valence-corrected chi connectivity index (χ2v) is 9.29. The highest BCUT2D eigenvalue weighted by atomic mass is 15.2. The first-order valence-corrected chi connectivity index (χ1v) is 11.7. The second kappa shape index (κ2) is 12.3. The van der Waals surface area contributed by atoms with Gasteiger partial charge in [0.25, 0.3) is 0 Å². The Morgan fingerprint density at radius 1 is 0.625 bits per heavy atom. The largest absolute Gasteiger partial charge is 0.196 e. The van der Waals surface area contributed by atoms with Gasteiger partial charge in [0.1, 0.15) is 0 Å². The quantitative estimate of drug-likeness (QED) is 0.425. The maximum absolute atomic E-state index is 9.34. The highest BCUT2D eigenvalue weighted by molar-refractivity contribution is 5.12. The zero-order valence-electron chi connectivity index (χ0n) is 20.1. The van der Waals surface area contributed by atoms with Gasteiger partial charge in [-0.25, -0.2) is 0 Å². The molecule has 2 aliphatic rings. The van der Waals surface area contributed by atoms with E-state index in [9.17, 15) is 10.5 Å². The molecule has 0 amide bonds. The first kappa shape index (κ1) is 27.2. The number of azo groups is 2. The number of rotatable bonds is 6. The van der Waals surface area contributed by atoms with Gasteiger partial charge in [-0.2, -0.15) is 41.5 Å². The maximum Gasteiger partial charge on any atom is 0.167 e. The summed E-state index contributed by atoms with van der Waals surface area (Å²) < 4.78 is 0. The van der Waals surface area contributed by atoms with Crippen molar-refractivity contribution in [2.24, 2.45) is 20.5 Å². The van der Waals surface area contributed by atoms with Gasteiger partial charge in [0.2, 0.25) is 0 Å². The van der Waals surface area contributed by atoms with Crippen LogP contribution < -0.4 is 0 Å². The standard InChI is InChI=1S/C14H20N4.C10H16N4/c15-11-13(7-3-1-4-8-13)17-18-14(12-16)9-5-2-6-10-14;1-5-9(3,7-11)13-14-10(4,6-2)8-12/h1-10H2;5-6H2,1-4H3. The Balaban J connectivity index is 0.000000333. The average molecular weight is 437 g/mol. The molecular weight excluding hydrogens is 400 g/mol. The Labute approximate surface area is 193 Å². The number of hydrogen-bond donors (Lipinski definition) is 0. The fraction of sp³-hybridized carbons (Fsp3) is 0.833. The van der Waals surface area contributed by atoms with Crippen LogP contribution in [0.5, 0.6) is 0 Å². The van der Waals surface area contributed by atoms with Crippen molar-refractivity contribution in [3.63, 3.8) is 0 Å². The summed E-state index contributed by atoms with van der Waals surface area (Å²) in [6, 6.07) is 8.82. The highest BCUT2D eigenvalue weighted by Crippen LogP contribution is 2.36. The van der Waals surface area contributed by atoms with E-state index in [0.717, 1.165) is 51.4 Å². The molecule has 2 saturated carbocycles. The maximum atomic E-state index is 9.34. The van der Waals surface area contributed by atoms with Gasteiger partial charge in [0.15, 0.2) is 22.2 Å². The van der Waals surface area contributed by atoms with Crippen LogP contribution in [-0.4, -0.2) is 22.2 Å². The Hall–Kier alpha value is -2.84. The summed E-state index contributed by atoms with van der Waals surface area (Å²) in [6.07, 6.45) is 10.9. The first-order chi connectivity index (χ1) is 15.2. The number of nitriles is 4. The minimum atomic E-state index is -0.798. The Morgan fingerprint density at radius 2 is 0.938 bits per heavy atom. The molecule has 8 heteroatoms. The second-order valence-electron chi connectivity index (χ2n) is 9.29. The molecular formula is C24H36N8. The van der Waals surface area contributed by atoms with Crippen molar-refractivity contribution in [2.45, 2.75) is 127 Å². The molecule has 0 aromatic rings. The Kier molecular flexibility index (Phi) is 10.4. The number of hydrogen-bond acceptors (Lipinski definition) is 8. The van der Waals surface area contributed by atoms with Gasteiger partial charge in [-0.05, 0) is 78.1 Å². The summed E-state index contributed by atoms with van der Waals surface area (Å²) in [5, 5.41) is 52.9. The van der Waals surface area contributed by atoms with Crippen molar-refractivity contribution in [1.82, 2.24) is 0 Å². The molecule has 2 unspecified atom stereocenters. The molecule has 0 spiro atoms. The Bertz CT molecular complexity index is 754. The van der Waals surface area contributed by atoms with Crippen molar-refractivity contribution in [3.8, 4) is 24.3 Å². The van der Waals surface area contributed by atoms with Crippen molar-refractivity contribution in [3.05, 3.63) is 0 Å². The van der Waals surface area contributed by atoms with E-state index < -0.39 is 22.2 Å². The molecule has 2 fully saturated rings. The lowest BCUT2D eigenvalue weighted by Crippen LogP contribution is -2.31. The topological polar surface area (TPSA) is 145 Å². The van der Waals surface area contributed by atoms with Crippen molar-refractivity contribution < 1.29 is 0 Å². The average Bonchev–Trinajstić information content (AvgIpc) is 2.87. The van der Waals surface area contributed by atoms with E-state index in [1.54, 1.807) is 13.8 Å². The Morgan fingerprint density at radius 3 is 1.16 bits per heavy atom. The van der Waals surface area contributed by atoms with Crippen LogP contribution in [0, 0.1) is 45.3 Å². The third-order valence-corrected chi connectivity index (χ3v) is 6.56. The van der Waals surface area contributed by atoms with Crippen LogP contribution >= 0.6 is 0 Å². The van der Waals surface area contributed by atoms with Crippen molar-refractivity contribution in [2.75, 3.05) is 0 Å². The lowest BCUT2D eigenvalue weighted by atomic mass is 9.82. The van der Waals surface area contributed by atoms with Crippen molar-refractivity contribution in [1.29, 1.82) is 21.0 Å². The molecule has 8 nitrogen and oxygen atoms in total. The smallest absolute Gasteiger partial charge is 0.167 e. The molecule has 0 bridgehead atoms. The van der Waals surface area contributed by atoms with Crippen LogP contribution in [0.25, 0.3) is 0 Å². The van der Waals surface area contributed by atoms with Gasteiger partial charge in [0, 0.05) is 0 Å². The van der Waals surface area contributed by atoms with Crippen LogP contribution in [0.15, 0.2) is 20.5 Å². The predicted octanol–water partition coefficient (Wildman–Crippen LogP) is 6.71. The first-order valence-electron chi connectivity index (χ1n) is 11.7. The summed E-state index contributed by atoms with van der Waals surface area (Å²) in [4.78, 5) is 0. The molecule has 172 valence electrons. The zero-order chi connectivity index (χ0) is 24.1. The lowest BCUT2D eigenvalue weighted by Gasteiger charge is -2.29. The molecule has 0 N–H and O–H groups in total. The molecule has 2 rings (SSSR count). The van der Waals surface area contributed by atoms with Crippen LogP contribution in [0.2, 0.25) is 0 Å².